The molecule has 11 nitrogen and oxygen atoms in total. The molecule has 4 aliphatic heterocycles. The van der Waals surface area contributed by atoms with Crippen LogP contribution in [0, 0.1) is 25.2 Å². The van der Waals surface area contributed by atoms with E-state index in [1.165, 1.54) is 6.92 Å². The van der Waals surface area contributed by atoms with Gasteiger partial charge in [0.15, 0.2) is 23.0 Å². The Morgan fingerprint density at radius 2 is 1.86 bits per heavy atom. The number of aryl methyl sites for hydroxylation is 3. The van der Waals surface area contributed by atoms with Gasteiger partial charge in [0.1, 0.15) is 11.8 Å². The van der Waals surface area contributed by atoms with Gasteiger partial charge in [-0.2, -0.15) is 5.26 Å². The van der Waals surface area contributed by atoms with E-state index in [2.05, 4.69) is 27.3 Å². The second-order valence-electron chi connectivity index (χ2n) is 13.5. The number of nitrogens with one attached hydrogen (secondary N) is 1. The first-order chi connectivity index (χ1) is 23.6. The number of aromatic hydroxyl groups is 1. The number of rotatable bonds is 7. The summed E-state index contributed by atoms with van der Waals surface area (Å²) < 4.78 is 23.7. The Hall–Kier alpha value is -4.79. The number of phenolic OH excluding ortho intramolecular Hbond substituents is 1. The van der Waals surface area contributed by atoms with Crippen LogP contribution in [0.2, 0.25) is 0 Å². The van der Waals surface area contributed by atoms with Gasteiger partial charge in [-0.3, -0.25) is 19.4 Å². The lowest BCUT2D eigenvalue weighted by molar-refractivity contribution is -0.132. The number of amides is 1. The van der Waals surface area contributed by atoms with E-state index in [0.29, 0.717) is 60.7 Å². The molecule has 5 atom stereocenters. The van der Waals surface area contributed by atoms with Crippen LogP contribution in [0.4, 0.5) is 0 Å². The molecular formula is C38H42N4O7. The highest BCUT2D eigenvalue weighted by Crippen LogP contribution is 2.57. The van der Waals surface area contributed by atoms with Crippen molar-refractivity contribution in [1.82, 2.24) is 15.1 Å². The number of hydrogen-bond donors (Lipinski definition) is 2. The van der Waals surface area contributed by atoms with Gasteiger partial charge >= 0.3 is 5.97 Å². The van der Waals surface area contributed by atoms with Crippen LogP contribution < -0.4 is 24.3 Å². The van der Waals surface area contributed by atoms with Crippen molar-refractivity contribution in [3.05, 3.63) is 75.3 Å². The molecule has 0 aliphatic carbocycles. The molecule has 7 rings (SSSR count). The van der Waals surface area contributed by atoms with Gasteiger partial charge in [-0.15, -0.1) is 0 Å². The molecule has 1 unspecified atom stereocenters. The Bertz CT molecular complexity index is 1860. The Labute approximate surface area is 286 Å². The van der Waals surface area contributed by atoms with Crippen molar-refractivity contribution < 1.29 is 33.6 Å². The summed E-state index contributed by atoms with van der Waals surface area (Å²) in [6.45, 7) is 5.33. The van der Waals surface area contributed by atoms with Gasteiger partial charge in [0.05, 0.1) is 25.3 Å². The molecular weight excluding hydrogens is 624 g/mol. The molecule has 1 saturated heterocycles. The van der Waals surface area contributed by atoms with Crippen LogP contribution in [0.15, 0.2) is 36.4 Å². The number of likely N-dealkylation sites (N-methyl/N-ethyl adjacent to an activating group) is 1. The number of carbonyl (C=O) groups excluding carboxylic acids is 2. The zero-order valence-corrected chi connectivity index (χ0v) is 28.5. The topological polar surface area (TPSA) is 134 Å². The van der Waals surface area contributed by atoms with Gasteiger partial charge in [-0.1, -0.05) is 36.4 Å². The lowest BCUT2D eigenvalue weighted by Crippen LogP contribution is -2.66. The van der Waals surface area contributed by atoms with Gasteiger partial charge in [0.25, 0.3) is 0 Å². The minimum Gasteiger partial charge on any atom is -0.504 e. The standard InChI is InChI=1S/C38H42N4O7/c1-20-15-24-12-13-26-28(17-39)42-27(33(41(26)4)31(24)34(45)35(20)46-5)16-25-32(38-37(47-19-48-38)21(2)36(25)49-22(3)43)29(42)18-40-30(44)14-11-23-9-7-6-8-10-23/h6-10,15,26-29,33,45H,11-14,16,18-19H2,1-5H3,(H,40,44)/t26-,27?,28-,29-,33-/m0/s1. The molecule has 2 N–H and O–H groups in total. The number of benzene rings is 3. The normalized spacial score (nSPS) is 23.7. The first-order valence-corrected chi connectivity index (χ1v) is 16.9. The van der Waals surface area contributed by atoms with E-state index in [4.69, 9.17) is 18.9 Å². The predicted octanol–water partition coefficient (Wildman–Crippen LogP) is 4.58. The third kappa shape index (κ3) is 5.43. The van der Waals surface area contributed by atoms with E-state index in [9.17, 15) is 20.0 Å². The van der Waals surface area contributed by atoms with Crippen LogP contribution in [0.5, 0.6) is 28.7 Å². The summed E-state index contributed by atoms with van der Waals surface area (Å²) in [5.41, 5.74) is 5.89. The molecule has 3 aromatic carbocycles. The van der Waals surface area contributed by atoms with Crippen molar-refractivity contribution in [1.29, 1.82) is 5.26 Å². The Morgan fingerprint density at radius 3 is 2.57 bits per heavy atom. The molecule has 49 heavy (non-hydrogen) atoms. The van der Waals surface area contributed by atoms with Gasteiger partial charge in [-0.05, 0) is 63.3 Å². The fourth-order valence-corrected chi connectivity index (χ4v) is 8.73. The zero-order chi connectivity index (χ0) is 34.6. The third-order valence-corrected chi connectivity index (χ3v) is 10.8. The highest BCUT2D eigenvalue weighted by molar-refractivity contribution is 5.77. The molecule has 4 heterocycles. The van der Waals surface area contributed by atoms with Crippen LogP contribution >= 0.6 is 0 Å². The Balaban J connectivity index is 1.38. The highest BCUT2D eigenvalue weighted by Gasteiger charge is 2.55. The first kappa shape index (κ1) is 32.7. The summed E-state index contributed by atoms with van der Waals surface area (Å²) in [7, 11) is 3.58. The quantitative estimate of drug-likeness (QED) is 0.273. The molecule has 256 valence electrons. The third-order valence-electron chi connectivity index (χ3n) is 10.8. The fourth-order valence-electron chi connectivity index (χ4n) is 8.73. The fraction of sp³-hybridized carbons (Fsp3) is 0.447. The van der Waals surface area contributed by atoms with Crippen molar-refractivity contribution in [2.45, 2.75) is 83.1 Å². The minimum absolute atomic E-state index is 0.00177. The summed E-state index contributed by atoms with van der Waals surface area (Å²) in [4.78, 5) is 30.4. The molecule has 0 aromatic heterocycles. The summed E-state index contributed by atoms with van der Waals surface area (Å²) in [5, 5.41) is 25.9. The summed E-state index contributed by atoms with van der Waals surface area (Å²) in [5.74, 6) is 1.40. The minimum atomic E-state index is -0.554. The number of hydrogen-bond acceptors (Lipinski definition) is 10. The monoisotopic (exact) mass is 666 g/mol. The number of esters is 1. The predicted molar refractivity (Wildman–Crippen MR) is 180 cm³/mol. The van der Waals surface area contributed by atoms with Gasteiger partial charge in [0.2, 0.25) is 12.7 Å². The summed E-state index contributed by atoms with van der Waals surface area (Å²) >= 11 is 0. The van der Waals surface area contributed by atoms with E-state index in [1.54, 1.807) is 7.11 Å². The molecule has 1 amide bonds. The number of phenols is 1. The molecule has 1 fully saturated rings. The summed E-state index contributed by atoms with van der Waals surface area (Å²) in [6, 6.07) is 12.6. The van der Waals surface area contributed by atoms with Crippen molar-refractivity contribution in [2.24, 2.45) is 0 Å². The van der Waals surface area contributed by atoms with Gasteiger partial charge in [0, 0.05) is 54.2 Å². The molecule has 3 aromatic rings. The zero-order valence-electron chi connectivity index (χ0n) is 28.5. The van der Waals surface area contributed by atoms with E-state index in [1.807, 2.05) is 51.2 Å². The largest absolute Gasteiger partial charge is 0.504 e. The number of methoxy groups -OCH3 is 1. The maximum atomic E-state index is 13.4. The van der Waals surface area contributed by atoms with Crippen molar-refractivity contribution in [2.75, 3.05) is 27.5 Å². The number of fused-ring (bicyclic) bond motifs is 9. The van der Waals surface area contributed by atoms with E-state index < -0.39 is 18.1 Å². The van der Waals surface area contributed by atoms with Crippen molar-refractivity contribution in [3.63, 3.8) is 0 Å². The number of nitrogens with zero attached hydrogens (tertiary/aromatic N) is 3. The van der Waals surface area contributed by atoms with Gasteiger partial charge < -0.3 is 29.4 Å². The van der Waals surface area contributed by atoms with Gasteiger partial charge in [-0.25, -0.2) is 0 Å². The molecule has 11 heteroatoms. The van der Waals surface area contributed by atoms with Crippen LogP contribution in [-0.4, -0.2) is 72.4 Å². The van der Waals surface area contributed by atoms with Crippen LogP contribution in [0.25, 0.3) is 0 Å². The maximum absolute atomic E-state index is 13.4. The smallest absolute Gasteiger partial charge is 0.308 e. The molecule has 0 radical (unpaired) electrons. The number of piperazine rings is 1. The number of carbonyl (C=O) groups is 2. The Kier molecular flexibility index (Phi) is 8.63. The average molecular weight is 667 g/mol. The van der Waals surface area contributed by atoms with Crippen LogP contribution in [0.1, 0.15) is 70.8 Å². The Morgan fingerprint density at radius 1 is 1.10 bits per heavy atom. The number of nitriles is 1. The second kappa shape index (κ2) is 12.9. The lowest BCUT2D eigenvalue weighted by atomic mass is 9.76. The van der Waals surface area contributed by atoms with Crippen LogP contribution in [-0.2, 0) is 28.9 Å². The van der Waals surface area contributed by atoms with E-state index in [0.717, 1.165) is 33.4 Å². The SMILES string of the molecule is COc1c(C)cc2c(c1O)[C@@H]1C3Cc4c(OC(C)=O)c(C)c5c(c4[C@H](CNC(=O)CCc4ccccc4)N3[C@@H](C#N)[C@H](CC2)N1C)OCO5. The van der Waals surface area contributed by atoms with Crippen molar-refractivity contribution >= 4 is 11.9 Å². The van der Waals surface area contributed by atoms with E-state index in [-0.39, 0.29) is 43.1 Å². The first-order valence-electron chi connectivity index (χ1n) is 16.9. The molecule has 0 spiro atoms. The van der Waals surface area contributed by atoms with Crippen LogP contribution in [0.3, 0.4) is 0 Å². The number of ether oxygens (including phenoxy) is 4. The van der Waals surface area contributed by atoms with Crippen molar-refractivity contribution in [3.8, 4) is 34.8 Å². The molecule has 4 aliphatic rings. The molecule has 0 saturated carbocycles. The van der Waals surface area contributed by atoms with E-state index >= 15 is 0 Å². The maximum Gasteiger partial charge on any atom is 0.308 e. The second-order valence-corrected chi connectivity index (χ2v) is 13.5. The highest BCUT2D eigenvalue weighted by atomic mass is 16.7. The lowest BCUT2D eigenvalue weighted by Gasteiger charge is -2.57. The molecule has 2 bridgehead atoms. The average Bonchev–Trinajstić information content (AvgIpc) is 3.54. The summed E-state index contributed by atoms with van der Waals surface area (Å²) in [6.07, 6.45) is 2.65.